The van der Waals surface area contributed by atoms with Crippen molar-refractivity contribution in [3.05, 3.63) is 35.4 Å². The van der Waals surface area contributed by atoms with Crippen molar-refractivity contribution in [3.63, 3.8) is 0 Å². The minimum atomic E-state index is -0.671. The van der Waals surface area contributed by atoms with Gasteiger partial charge in [-0.15, -0.1) is 0 Å². The molecule has 194 valence electrons. The summed E-state index contributed by atoms with van der Waals surface area (Å²) in [4.78, 5) is 42.4. The maximum Gasteiger partial charge on any atom is 0.338 e. The Morgan fingerprint density at radius 2 is 1.80 bits per heavy atom. The Morgan fingerprint density at radius 1 is 1.11 bits per heavy atom. The van der Waals surface area contributed by atoms with E-state index >= 15 is 0 Å². The average Bonchev–Trinajstić information content (AvgIpc) is 2.81. The quantitative estimate of drug-likeness (QED) is 0.151. The summed E-state index contributed by atoms with van der Waals surface area (Å²) in [6.07, 6.45) is 8.58. The van der Waals surface area contributed by atoms with Gasteiger partial charge in [-0.3, -0.25) is 4.79 Å². The standard InChI is InChI=1S/C27H40N2O6/c1-5-33-25(31)21-16-10-14-20(17-21)24(28)29-35-26(32)22(18-23(30)34-27(2,3)4)15-9-13-19-11-7-6-8-12-19/h10,14,16-17,19,22H,5-9,11-13,15,18H2,1-4H3,(H2,28,29)/t22-/m1/s1. The van der Waals surface area contributed by atoms with E-state index in [1.54, 1.807) is 45.9 Å². The highest BCUT2D eigenvalue weighted by atomic mass is 16.7. The van der Waals surface area contributed by atoms with Crippen LogP contribution >= 0.6 is 0 Å². The largest absolute Gasteiger partial charge is 0.462 e. The lowest BCUT2D eigenvalue weighted by Crippen LogP contribution is -2.28. The Kier molecular flexibility index (Phi) is 11.2. The number of esters is 2. The van der Waals surface area contributed by atoms with Crippen LogP contribution in [-0.4, -0.2) is 36.0 Å². The van der Waals surface area contributed by atoms with E-state index in [4.69, 9.17) is 20.0 Å². The summed E-state index contributed by atoms with van der Waals surface area (Å²) >= 11 is 0. The molecular weight excluding hydrogens is 448 g/mol. The number of carbonyl (C=O) groups is 3. The molecule has 0 bridgehead atoms. The van der Waals surface area contributed by atoms with Crippen LogP contribution in [0.15, 0.2) is 29.4 Å². The zero-order valence-corrected chi connectivity index (χ0v) is 21.5. The van der Waals surface area contributed by atoms with Crippen molar-refractivity contribution in [2.75, 3.05) is 6.61 Å². The van der Waals surface area contributed by atoms with Gasteiger partial charge in [-0.1, -0.05) is 62.2 Å². The lowest BCUT2D eigenvalue weighted by molar-refractivity contribution is -0.161. The molecule has 0 saturated heterocycles. The zero-order valence-electron chi connectivity index (χ0n) is 21.5. The fourth-order valence-electron chi connectivity index (χ4n) is 4.26. The fraction of sp³-hybridized carbons (Fsp3) is 0.630. The predicted octanol–water partition coefficient (Wildman–Crippen LogP) is 5.13. The number of nitrogens with two attached hydrogens (primary N) is 1. The van der Waals surface area contributed by atoms with E-state index in [2.05, 4.69) is 5.16 Å². The topological polar surface area (TPSA) is 117 Å². The number of nitrogens with zero attached hydrogens (tertiary/aromatic N) is 1. The maximum absolute atomic E-state index is 12.9. The molecule has 1 fully saturated rings. The second-order valence-corrected chi connectivity index (χ2v) is 10.1. The number of hydrogen-bond donors (Lipinski definition) is 1. The SMILES string of the molecule is CCOC(=O)c1cccc(/C(N)=N/OC(=O)[C@H](CCCC2CCCCC2)CC(=O)OC(C)(C)C)c1. The van der Waals surface area contributed by atoms with Crippen LogP contribution in [0.25, 0.3) is 0 Å². The predicted molar refractivity (Wildman–Crippen MR) is 134 cm³/mol. The summed E-state index contributed by atoms with van der Waals surface area (Å²) in [6.45, 7) is 7.34. The summed E-state index contributed by atoms with van der Waals surface area (Å²) in [7, 11) is 0. The van der Waals surface area contributed by atoms with Gasteiger partial charge in [-0.05, 0) is 52.2 Å². The molecule has 1 aromatic rings. The van der Waals surface area contributed by atoms with Gasteiger partial charge in [0.2, 0.25) is 0 Å². The molecule has 0 amide bonds. The highest BCUT2D eigenvalue weighted by molar-refractivity contribution is 6.00. The summed E-state index contributed by atoms with van der Waals surface area (Å²) < 4.78 is 10.4. The van der Waals surface area contributed by atoms with Crippen LogP contribution in [0, 0.1) is 11.8 Å². The first kappa shape index (κ1) is 28.3. The Hall–Kier alpha value is -2.90. The molecule has 0 aromatic heterocycles. The van der Waals surface area contributed by atoms with Gasteiger partial charge in [0, 0.05) is 5.56 Å². The molecular formula is C27H40N2O6. The Labute approximate surface area is 208 Å². The number of rotatable bonds is 11. The van der Waals surface area contributed by atoms with Gasteiger partial charge in [0.15, 0.2) is 5.84 Å². The first-order valence-corrected chi connectivity index (χ1v) is 12.6. The number of hydrogen-bond acceptors (Lipinski definition) is 7. The molecule has 2 rings (SSSR count). The van der Waals surface area contributed by atoms with Crippen molar-refractivity contribution < 1.29 is 28.7 Å². The van der Waals surface area contributed by atoms with Gasteiger partial charge >= 0.3 is 17.9 Å². The lowest BCUT2D eigenvalue weighted by Gasteiger charge is -2.23. The number of oxime groups is 1. The van der Waals surface area contributed by atoms with Crippen LogP contribution in [0.5, 0.6) is 0 Å². The van der Waals surface area contributed by atoms with E-state index < -0.39 is 29.4 Å². The van der Waals surface area contributed by atoms with Crippen molar-refractivity contribution in [2.45, 2.75) is 91.1 Å². The monoisotopic (exact) mass is 488 g/mol. The Balaban J connectivity index is 2.03. The van der Waals surface area contributed by atoms with Gasteiger partial charge in [-0.2, -0.15) is 0 Å². The number of ether oxygens (including phenoxy) is 2. The molecule has 1 aromatic carbocycles. The van der Waals surface area contributed by atoms with Gasteiger partial charge in [0.25, 0.3) is 0 Å². The van der Waals surface area contributed by atoms with E-state index in [0.29, 0.717) is 23.5 Å². The summed E-state index contributed by atoms with van der Waals surface area (Å²) in [5, 5.41) is 3.78. The Bertz CT molecular complexity index is 884. The van der Waals surface area contributed by atoms with Crippen LogP contribution in [0.2, 0.25) is 0 Å². The molecule has 0 heterocycles. The summed E-state index contributed by atoms with van der Waals surface area (Å²) in [5.41, 5.74) is 6.10. The van der Waals surface area contributed by atoms with E-state index in [1.807, 2.05) is 0 Å². The van der Waals surface area contributed by atoms with E-state index in [0.717, 1.165) is 12.8 Å². The normalized spacial score (nSPS) is 15.8. The molecule has 1 atom stereocenters. The zero-order chi connectivity index (χ0) is 25.8. The van der Waals surface area contributed by atoms with Crippen LogP contribution in [0.1, 0.15) is 101 Å². The molecule has 1 aliphatic carbocycles. The molecule has 8 heteroatoms. The highest BCUT2D eigenvalue weighted by Gasteiger charge is 2.27. The van der Waals surface area contributed by atoms with Crippen LogP contribution < -0.4 is 5.73 Å². The summed E-state index contributed by atoms with van der Waals surface area (Å²) in [5.74, 6) is -1.59. The number of benzene rings is 1. The minimum Gasteiger partial charge on any atom is -0.462 e. The molecule has 35 heavy (non-hydrogen) atoms. The first-order chi connectivity index (χ1) is 16.6. The summed E-state index contributed by atoms with van der Waals surface area (Å²) in [6, 6.07) is 6.41. The molecule has 0 unspecified atom stereocenters. The minimum absolute atomic E-state index is 0.0530. The molecule has 0 aliphatic heterocycles. The van der Waals surface area contributed by atoms with Gasteiger partial charge in [-0.25, -0.2) is 9.59 Å². The fourth-order valence-corrected chi connectivity index (χ4v) is 4.26. The molecule has 0 spiro atoms. The van der Waals surface area contributed by atoms with Crippen LogP contribution in [-0.2, 0) is 23.9 Å². The van der Waals surface area contributed by atoms with Gasteiger partial charge in [0.05, 0.1) is 24.5 Å². The first-order valence-electron chi connectivity index (χ1n) is 12.6. The lowest BCUT2D eigenvalue weighted by atomic mass is 9.84. The van der Waals surface area contributed by atoms with Crippen molar-refractivity contribution in [3.8, 4) is 0 Å². The highest BCUT2D eigenvalue weighted by Crippen LogP contribution is 2.29. The second-order valence-electron chi connectivity index (χ2n) is 10.1. The van der Waals surface area contributed by atoms with E-state index in [9.17, 15) is 14.4 Å². The van der Waals surface area contributed by atoms with Gasteiger partial charge < -0.3 is 20.0 Å². The number of carbonyl (C=O) groups excluding carboxylic acids is 3. The molecule has 0 radical (unpaired) electrons. The van der Waals surface area contributed by atoms with E-state index in [1.165, 1.54) is 38.2 Å². The maximum atomic E-state index is 12.9. The van der Waals surface area contributed by atoms with Gasteiger partial charge in [0.1, 0.15) is 5.60 Å². The van der Waals surface area contributed by atoms with Crippen molar-refractivity contribution in [1.82, 2.24) is 0 Å². The van der Waals surface area contributed by atoms with Crippen molar-refractivity contribution >= 4 is 23.7 Å². The number of amidine groups is 1. The third kappa shape index (κ3) is 10.5. The van der Waals surface area contributed by atoms with E-state index in [-0.39, 0.29) is 18.9 Å². The van der Waals surface area contributed by atoms with Crippen molar-refractivity contribution in [1.29, 1.82) is 0 Å². The molecule has 1 saturated carbocycles. The molecule has 1 aliphatic rings. The van der Waals surface area contributed by atoms with Crippen LogP contribution in [0.4, 0.5) is 0 Å². The average molecular weight is 489 g/mol. The second kappa shape index (κ2) is 13.9. The van der Waals surface area contributed by atoms with Crippen LogP contribution in [0.3, 0.4) is 0 Å². The molecule has 2 N–H and O–H groups in total. The molecule has 8 nitrogen and oxygen atoms in total. The Morgan fingerprint density at radius 3 is 2.46 bits per heavy atom. The van der Waals surface area contributed by atoms with Crippen molar-refractivity contribution in [2.24, 2.45) is 22.7 Å². The smallest absolute Gasteiger partial charge is 0.338 e. The third-order valence-electron chi connectivity index (χ3n) is 5.96. The third-order valence-corrected chi connectivity index (χ3v) is 5.96.